The Morgan fingerprint density at radius 2 is 0.966 bits per heavy atom. The summed E-state index contributed by atoms with van der Waals surface area (Å²) in [6, 6.07) is 3.74. The minimum Gasteiger partial charge on any atom is -0.370 e. The van der Waals surface area contributed by atoms with Gasteiger partial charge in [-0.2, -0.15) is 10.5 Å². The molecule has 0 saturated carbocycles. The predicted octanol–water partition coefficient (Wildman–Crippen LogP) is 3.22. The summed E-state index contributed by atoms with van der Waals surface area (Å²) in [6.45, 7) is 23.3. The van der Waals surface area contributed by atoms with Crippen molar-refractivity contribution in [3.05, 3.63) is 51.3 Å². The minimum absolute atomic E-state index is 0.0452. The smallest absolute Gasteiger partial charge is 0.307 e. The molecule has 3 aromatic heterocycles. The molecule has 29 heavy (non-hydrogen) atoms. The standard InChI is InChI=1S/C18H3N11/c1-7-8(5-19)25-11-10(24-7)13-15(29-18(23-4)17(22-3)28-13)14-12(11)26-9(6-20)16(21-2)27-14/h1H3. The average Bonchev–Trinajstić information content (AvgIpc) is 2.76. The third kappa shape index (κ3) is 2.32. The summed E-state index contributed by atoms with van der Waals surface area (Å²) >= 11 is 0. The topological polar surface area (TPSA) is 138 Å². The van der Waals surface area contributed by atoms with E-state index in [2.05, 4.69) is 44.4 Å². The van der Waals surface area contributed by atoms with Crippen LogP contribution in [0.15, 0.2) is 0 Å². The second-order valence-electron chi connectivity index (χ2n) is 5.57. The number of fused-ring (bicyclic) bond motifs is 6. The first-order valence-electron chi connectivity index (χ1n) is 7.72. The Hall–Kier alpha value is -5.31. The van der Waals surface area contributed by atoms with Crippen LogP contribution in [0.25, 0.3) is 47.6 Å². The molecule has 0 radical (unpaired) electrons. The quantitative estimate of drug-likeness (QED) is 0.338. The van der Waals surface area contributed by atoms with E-state index >= 15 is 0 Å². The van der Waals surface area contributed by atoms with E-state index in [1.807, 2.05) is 12.1 Å². The van der Waals surface area contributed by atoms with Gasteiger partial charge >= 0.3 is 5.82 Å². The number of hydrogen-bond acceptors (Lipinski definition) is 8. The van der Waals surface area contributed by atoms with Crippen molar-refractivity contribution >= 4 is 50.6 Å². The fraction of sp³-hybridized carbons (Fsp3) is 0.0556. The predicted molar refractivity (Wildman–Crippen MR) is 98.7 cm³/mol. The van der Waals surface area contributed by atoms with Crippen LogP contribution in [0.2, 0.25) is 0 Å². The highest BCUT2D eigenvalue weighted by Crippen LogP contribution is 2.35. The number of benzene rings is 1. The van der Waals surface area contributed by atoms with Gasteiger partial charge in [0.15, 0.2) is 11.4 Å². The summed E-state index contributed by atoms with van der Waals surface area (Å²) in [5, 5.41) is 18.6. The zero-order valence-electron chi connectivity index (χ0n) is 14.4. The number of hydrogen-bond donors (Lipinski definition) is 0. The van der Waals surface area contributed by atoms with Gasteiger partial charge in [-0.25, -0.2) is 15.0 Å². The molecular weight excluding hydrogens is 370 g/mol. The highest BCUT2D eigenvalue weighted by Gasteiger charge is 2.27. The van der Waals surface area contributed by atoms with Crippen LogP contribution in [0.3, 0.4) is 0 Å². The molecule has 11 nitrogen and oxygen atoms in total. The number of aryl methyl sites for hydroxylation is 1. The van der Waals surface area contributed by atoms with Crippen molar-refractivity contribution in [2.24, 2.45) is 0 Å². The molecule has 0 aliphatic rings. The van der Waals surface area contributed by atoms with Gasteiger partial charge in [0.1, 0.15) is 28.7 Å². The molecule has 0 N–H and O–H groups in total. The molecule has 0 aliphatic heterocycles. The molecule has 0 unspecified atom stereocenters. The van der Waals surface area contributed by atoms with Crippen LogP contribution in [-0.4, -0.2) is 29.9 Å². The third-order valence-electron chi connectivity index (χ3n) is 4.01. The van der Waals surface area contributed by atoms with Gasteiger partial charge in [0.2, 0.25) is 11.0 Å². The Morgan fingerprint density at radius 1 is 0.586 bits per heavy atom. The Labute approximate surface area is 162 Å². The fourth-order valence-electron chi connectivity index (χ4n) is 2.76. The fourth-order valence-corrected chi connectivity index (χ4v) is 2.76. The molecule has 1 aromatic carbocycles. The first kappa shape index (κ1) is 17.1. The largest absolute Gasteiger partial charge is 0.370 e. The van der Waals surface area contributed by atoms with E-state index in [1.165, 1.54) is 0 Å². The third-order valence-corrected chi connectivity index (χ3v) is 4.01. The second-order valence-corrected chi connectivity index (χ2v) is 5.57. The number of rotatable bonds is 0. The molecule has 0 fully saturated rings. The van der Waals surface area contributed by atoms with Crippen molar-refractivity contribution < 1.29 is 0 Å². The zero-order chi connectivity index (χ0) is 20.7. The first-order valence-corrected chi connectivity index (χ1v) is 7.72. The summed E-state index contributed by atoms with van der Waals surface area (Å²) in [7, 11) is 0. The first-order chi connectivity index (χ1) is 14.1. The molecule has 3 heterocycles. The van der Waals surface area contributed by atoms with Crippen molar-refractivity contribution in [3.8, 4) is 12.1 Å². The summed E-state index contributed by atoms with van der Waals surface area (Å²) in [6.07, 6.45) is 0. The van der Waals surface area contributed by atoms with E-state index < -0.39 is 0 Å². The minimum atomic E-state index is -0.248. The van der Waals surface area contributed by atoms with Crippen LogP contribution in [0.5, 0.6) is 0 Å². The maximum absolute atomic E-state index is 9.31. The molecule has 11 heteroatoms. The summed E-state index contributed by atoms with van der Waals surface area (Å²) in [5.74, 6) is -0.701. The van der Waals surface area contributed by atoms with E-state index in [0.717, 1.165) is 0 Å². The molecule has 0 bridgehead atoms. The van der Waals surface area contributed by atoms with Crippen LogP contribution < -0.4 is 0 Å². The lowest BCUT2D eigenvalue weighted by atomic mass is 10.1. The van der Waals surface area contributed by atoms with E-state index in [9.17, 15) is 10.5 Å². The normalized spacial score (nSPS) is 10.1. The number of nitriles is 2. The van der Waals surface area contributed by atoms with E-state index in [4.69, 9.17) is 19.7 Å². The van der Waals surface area contributed by atoms with E-state index in [1.54, 1.807) is 6.92 Å². The average molecular weight is 373 g/mol. The van der Waals surface area contributed by atoms with Gasteiger partial charge in [-0.3, -0.25) is 0 Å². The second kappa shape index (κ2) is 6.14. The van der Waals surface area contributed by atoms with Gasteiger partial charge in [-0.15, -0.1) is 15.0 Å². The highest BCUT2D eigenvalue weighted by molar-refractivity contribution is 6.18. The van der Waals surface area contributed by atoms with Crippen LogP contribution in [-0.2, 0) is 0 Å². The molecule has 0 atom stereocenters. The number of aromatic nitrogens is 6. The molecule has 0 aliphatic carbocycles. The monoisotopic (exact) mass is 373 g/mol. The van der Waals surface area contributed by atoms with Gasteiger partial charge in [0.25, 0.3) is 17.2 Å². The summed E-state index contributed by atoms with van der Waals surface area (Å²) in [4.78, 5) is 35.1. The molecule has 0 saturated heterocycles. The van der Waals surface area contributed by atoms with Gasteiger partial charge in [-0.1, -0.05) is 19.7 Å². The zero-order valence-corrected chi connectivity index (χ0v) is 14.4. The van der Waals surface area contributed by atoms with Gasteiger partial charge in [-0.05, 0) is 6.92 Å². The molecule has 0 amide bonds. The maximum Gasteiger partial charge on any atom is 0.307 e. The maximum atomic E-state index is 9.31. The molecule has 130 valence electrons. The number of nitrogens with zero attached hydrogens (tertiary/aromatic N) is 11. The van der Waals surface area contributed by atoms with E-state index in [-0.39, 0.29) is 61.9 Å². The van der Waals surface area contributed by atoms with Crippen molar-refractivity contribution in [3.63, 3.8) is 0 Å². The summed E-state index contributed by atoms with van der Waals surface area (Å²) in [5.41, 5.74) is 0.908. The van der Waals surface area contributed by atoms with Gasteiger partial charge < -0.3 is 14.5 Å². The van der Waals surface area contributed by atoms with Crippen LogP contribution >= 0.6 is 0 Å². The highest BCUT2D eigenvalue weighted by atomic mass is 15.0. The molecule has 0 spiro atoms. The van der Waals surface area contributed by atoms with Crippen molar-refractivity contribution in [1.29, 1.82) is 10.5 Å². The molecule has 4 aromatic rings. The Bertz CT molecular complexity index is 1570. The Morgan fingerprint density at radius 3 is 1.41 bits per heavy atom. The van der Waals surface area contributed by atoms with Crippen molar-refractivity contribution in [2.75, 3.05) is 0 Å². The van der Waals surface area contributed by atoms with Crippen LogP contribution in [0, 0.1) is 49.3 Å². The lowest BCUT2D eigenvalue weighted by Gasteiger charge is -2.05. The van der Waals surface area contributed by atoms with Crippen molar-refractivity contribution in [1.82, 2.24) is 29.9 Å². The van der Waals surface area contributed by atoms with Gasteiger partial charge in [0.05, 0.1) is 5.69 Å². The Kier molecular flexibility index (Phi) is 3.63. The van der Waals surface area contributed by atoms with Crippen LogP contribution in [0.1, 0.15) is 17.1 Å². The molecule has 4 rings (SSSR count). The lowest BCUT2D eigenvalue weighted by molar-refractivity contribution is 1.14. The van der Waals surface area contributed by atoms with E-state index in [0.29, 0.717) is 5.69 Å². The Balaban J connectivity index is 2.41. The molecular formula is C18H3N11. The SMILES string of the molecule is [C-]#[N+]c1nc2c(nc1C#N)c1nc(C#N)c(C)nc1c1nc([N+]#[C-])c([N+]#[C-])nc21. The van der Waals surface area contributed by atoms with Crippen LogP contribution in [0.4, 0.5) is 17.5 Å². The van der Waals surface area contributed by atoms with Gasteiger partial charge in [0, 0.05) is 0 Å². The lowest BCUT2D eigenvalue weighted by Crippen LogP contribution is -2.01. The summed E-state index contributed by atoms with van der Waals surface area (Å²) < 4.78 is 0. The van der Waals surface area contributed by atoms with Crippen molar-refractivity contribution in [2.45, 2.75) is 6.92 Å².